The Balaban J connectivity index is 3.30. The van der Waals surface area contributed by atoms with Gasteiger partial charge in [0, 0.05) is 15.4 Å². The van der Waals surface area contributed by atoms with E-state index < -0.39 is 12.9 Å². The van der Waals surface area contributed by atoms with Gasteiger partial charge in [-0.3, -0.25) is 0 Å². The average molecular weight is 220 g/mol. The lowest BCUT2D eigenvalue weighted by atomic mass is 9.80. The quantitative estimate of drug-likeness (QED) is 0.574. The molecule has 0 saturated carbocycles. The van der Waals surface area contributed by atoms with Crippen LogP contribution in [0.25, 0.3) is 0 Å². The lowest BCUT2D eigenvalue weighted by Crippen LogP contribution is -2.34. The summed E-state index contributed by atoms with van der Waals surface area (Å²) < 4.78 is 13.4. The van der Waals surface area contributed by atoms with Crippen LogP contribution in [0.5, 0.6) is 0 Å². The van der Waals surface area contributed by atoms with E-state index in [1.807, 2.05) is 0 Å². The molecule has 0 amide bonds. The smallest absolute Gasteiger partial charge is 0.423 e. The van der Waals surface area contributed by atoms with Crippen LogP contribution in [0.4, 0.5) is 4.39 Å². The zero-order chi connectivity index (χ0) is 10.0. The Morgan fingerprint density at radius 3 is 2.54 bits per heavy atom. The molecule has 0 heterocycles. The molecular formula is C7H7BClFO2S. The SMILES string of the molecule is CSc1ccc(Cl)c(B(O)O)c1F. The van der Waals surface area contributed by atoms with Gasteiger partial charge in [-0.1, -0.05) is 11.6 Å². The van der Waals surface area contributed by atoms with Crippen LogP contribution in [0.1, 0.15) is 0 Å². The van der Waals surface area contributed by atoms with Crippen LogP contribution in [-0.2, 0) is 0 Å². The monoisotopic (exact) mass is 220 g/mol. The van der Waals surface area contributed by atoms with Gasteiger partial charge in [-0.25, -0.2) is 4.39 Å². The Labute approximate surface area is 84.9 Å². The predicted molar refractivity (Wildman–Crippen MR) is 53.0 cm³/mol. The number of rotatable bonds is 2. The molecule has 13 heavy (non-hydrogen) atoms. The lowest BCUT2D eigenvalue weighted by molar-refractivity contribution is 0.422. The number of benzene rings is 1. The van der Waals surface area contributed by atoms with Crippen LogP contribution in [0.15, 0.2) is 17.0 Å². The number of hydrogen-bond acceptors (Lipinski definition) is 3. The van der Waals surface area contributed by atoms with Crippen molar-refractivity contribution in [1.82, 2.24) is 0 Å². The third-order valence-electron chi connectivity index (χ3n) is 1.57. The summed E-state index contributed by atoms with van der Waals surface area (Å²) in [6.45, 7) is 0. The predicted octanol–water partition coefficient (Wildman–Crippen LogP) is 0.881. The average Bonchev–Trinajstić information content (AvgIpc) is 2.04. The molecule has 6 heteroatoms. The fourth-order valence-corrected chi connectivity index (χ4v) is 1.68. The van der Waals surface area contributed by atoms with Gasteiger partial charge in [-0.15, -0.1) is 11.8 Å². The fraction of sp³-hybridized carbons (Fsp3) is 0.143. The van der Waals surface area contributed by atoms with Gasteiger partial charge in [0.05, 0.1) is 0 Å². The van der Waals surface area contributed by atoms with Crippen LogP contribution in [0.3, 0.4) is 0 Å². The topological polar surface area (TPSA) is 40.5 Å². The second-order valence-corrected chi connectivity index (χ2v) is 3.61. The summed E-state index contributed by atoms with van der Waals surface area (Å²) in [5, 5.41) is 17.7. The van der Waals surface area contributed by atoms with E-state index in [0.717, 1.165) is 0 Å². The fourth-order valence-electron chi connectivity index (χ4n) is 0.944. The van der Waals surface area contributed by atoms with Crippen LogP contribution < -0.4 is 5.46 Å². The van der Waals surface area contributed by atoms with Crippen LogP contribution in [-0.4, -0.2) is 23.4 Å². The molecule has 0 radical (unpaired) electrons. The minimum absolute atomic E-state index is 0.0188. The molecule has 0 aliphatic carbocycles. The normalized spacial score (nSPS) is 10.2. The van der Waals surface area contributed by atoms with E-state index in [1.54, 1.807) is 6.26 Å². The van der Waals surface area contributed by atoms with Gasteiger partial charge in [-0.05, 0) is 18.4 Å². The molecule has 1 aromatic rings. The number of halogens is 2. The van der Waals surface area contributed by atoms with Crippen molar-refractivity contribution >= 4 is 35.9 Å². The first-order chi connectivity index (χ1) is 6.07. The van der Waals surface area contributed by atoms with Gasteiger partial charge < -0.3 is 10.0 Å². The standard InChI is InChI=1S/C7H7BClFO2S/c1-13-5-3-2-4(9)6(7(5)10)8(11)12/h2-3,11-12H,1H3. The second kappa shape index (κ2) is 4.33. The van der Waals surface area contributed by atoms with Gasteiger partial charge >= 0.3 is 7.12 Å². The summed E-state index contributed by atoms with van der Waals surface area (Å²) in [6.07, 6.45) is 1.69. The highest BCUT2D eigenvalue weighted by atomic mass is 35.5. The molecule has 0 atom stereocenters. The van der Waals surface area contributed by atoms with E-state index in [0.29, 0.717) is 4.90 Å². The molecule has 1 rings (SSSR count). The third kappa shape index (κ3) is 2.17. The first-order valence-corrected chi connectivity index (χ1v) is 5.06. The van der Waals surface area contributed by atoms with E-state index in [1.165, 1.54) is 23.9 Å². The second-order valence-electron chi connectivity index (χ2n) is 2.35. The van der Waals surface area contributed by atoms with Crippen molar-refractivity contribution in [3.8, 4) is 0 Å². The molecule has 0 aliphatic heterocycles. The molecule has 0 spiro atoms. The summed E-state index contributed by atoms with van der Waals surface area (Å²) in [5.74, 6) is -0.671. The Morgan fingerprint density at radius 1 is 1.46 bits per heavy atom. The van der Waals surface area contributed by atoms with E-state index in [4.69, 9.17) is 21.6 Å². The Kier molecular flexibility index (Phi) is 3.61. The van der Waals surface area contributed by atoms with Crippen molar-refractivity contribution in [2.75, 3.05) is 6.26 Å². The van der Waals surface area contributed by atoms with Gasteiger partial charge in [0.1, 0.15) is 5.82 Å². The maximum absolute atomic E-state index is 13.4. The van der Waals surface area contributed by atoms with Gasteiger partial charge in [0.25, 0.3) is 0 Å². The maximum atomic E-state index is 13.4. The molecule has 2 N–H and O–H groups in total. The minimum Gasteiger partial charge on any atom is -0.423 e. The van der Waals surface area contributed by atoms with Gasteiger partial charge in [-0.2, -0.15) is 0 Å². The summed E-state index contributed by atoms with van der Waals surface area (Å²) in [7, 11) is -1.88. The zero-order valence-electron chi connectivity index (χ0n) is 6.79. The summed E-state index contributed by atoms with van der Waals surface area (Å²) in [5.41, 5.74) is -0.270. The van der Waals surface area contributed by atoms with E-state index in [9.17, 15) is 4.39 Å². The van der Waals surface area contributed by atoms with Crippen molar-refractivity contribution in [2.24, 2.45) is 0 Å². The molecule has 0 aliphatic rings. The van der Waals surface area contributed by atoms with Crippen molar-refractivity contribution in [3.63, 3.8) is 0 Å². The van der Waals surface area contributed by atoms with E-state index in [-0.39, 0.29) is 10.5 Å². The number of thioether (sulfide) groups is 1. The summed E-state index contributed by atoms with van der Waals surface area (Å²) >= 11 is 6.76. The maximum Gasteiger partial charge on any atom is 0.493 e. The third-order valence-corrected chi connectivity index (χ3v) is 2.65. The van der Waals surface area contributed by atoms with Crippen molar-refractivity contribution in [3.05, 3.63) is 23.0 Å². The van der Waals surface area contributed by atoms with Crippen molar-refractivity contribution in [2.45, 2.75) is 4.90 Å². The van der Waals surface area contributed by atoms with Gasteiger partial charge in [0.2, 0.25) is 0 Å². The van der Waals surface area contributed by atoms with Crippen molar-refractivity contribution < 1.29 is 14.4 Å². The Bertz CT molecular complexity index is 322. The van der Waals surface area contributed by atoms with Gasteiger partial charge in [0.15, 0.2) is 0 Å². The first-order valence-electron chi connectivity index (χ1n) is 3.46. The molecule has 0 saturated heterocycles. The van der Waals surface area contributed by atoms with Crippen LogP contribution in [0.2, 0.25) is 5.02 Å². The molecule has 0 fully saturated rings. The van der Waals surface area contributed by atoms with Crippen LogP contribution >= 0.6 is 23.4 Å². The molecule has 1 aromatic carbocycles. The van der Waals surface area contributed by atoms with Crippen molar-refractivity contribution in [1.29, 1.82) is 0 Å². The molecule has 70 valence electrons. The molecule has 0 unspecified atom stereocenters. The first kappa shape index (κ1) is 10.9. The van der Waals surface area contributed by atoms with E-state index in [2.05, 4.69) is 0 Å². The molecule has 2 nitrogen and oxygen atoms in total. The largest absolute Gasteiger partial charge is 0.493 e. The minimum atomic E-state index is -1.88. The molecule has 0 aromatic heterocycles. The zero-order valence-corrected chi connectivity index (χ0v) is 8.36. The summed E-state index contributed by atoms with van der Waals surface area (Å²) in [4.78, 5) is 0.340. The lowest BCUT2D eigenvalue weighted by Gasteiger charge is -2.07. The summed E-state index contributed by atoms with van der Waals surface area (Å²) in [6, 6.07) is 2.93. The number of hydrogen-bond donors (Lipinski definition) is 2. The Morgan fingerprint density at radius 2 is 2.08 bits per heavy atom. The van der Waals surface area contributed by atoms with Crippen LogP contribution in [0, 0.1) is 5.82 Å². The molecular weight excluding hydrogens is 213 g/mol. The molecule has 0 bridgehead atoms. The highest BCUT2D eigenvalue weighted by molar-refractivity contribution is 7.98. The highest BCUT2D eigenvalue weighted by Gasteiger charge is 2.22. The Hall–Kier alpha value is -0.225. The highest BCUT2D eigenvalue weighted by Crippen LogP contribution is 2.20. The van der Waals surface area contributed by atoms with E-state index >= 15 is 0 Å².